The Morgan fingerprint density at radius 3 is 2.52 bits per heavy atom. The SMILES string of the molecule is C=C[C@]1(C)C[C@@H](C2(O)C=CCCC2)[C@@]2(C)[C@H](C)CC[C@]3(CCC(=O)[C@H]32)[C@@H](C)C1=O. The summed E-state index contributed by atoms with van der Waals surface area (Å²) in [6.45, 7) is 12.7. The largest absolute Gasteiger partial charge is 0.385 e. The Kier molecular flexibility index (Phi) is 4.81. The van der Waals surface area contributed by atoms with Gasteiger partial charge in [0.2, 0.25) is 0 Å². The molecule has 0 aromatic carbocycles. The highest BCUT2D eigenvalue weighted by Crippen LogP contribution is 2.70. The van der Waals surface area contributed by atoms with E-state index in [0.717, 1.165) is 32.1 Å². The van der Waals surface area contributed by atoms with E-state index in [-0.39, 0.29) is 34.4 Å². The maximum atomic E-state index is 13.8. The molecule has 0 saturated heterocycles. The number of hydrogen-bond acceptors (Lipinski definition) is 3. The first kappa shape index (κ1) is 21.0. The third kappa shape index (κ3) is 2.65. The fraction of sp³-hybridized carbons (Fsp3) is 0.769. The van der Waals surface area contributed by atoms with Gasteiger partial charge in [0, 0.05) is 23.7 Å². The highest BCUT2D eigenvalue weighted by Gasteiger charge is 2.69. The van der Waals surface area contributed by atoms with Gasteiger partial charge in [0.15, 0.2) is 0 Å². The molecule has 0 aromatic heterocycles. The van der Waals surface area contributed by atoms with Gasteiger partial charge in [-0.15, -0.1) is 6.58 Å². The molecule has 0 aliphatic heterocycles. The summed E-state index contributed by atoms with van der Waals surface area (Å²) in [6.07, 6.45) is 12.5. The van der Waals surface area contributed by atoms with Gasteiger partial charge in [-0.2, -0.15) is 0 Å². The number of carbonyl (C=O) groups is 2. The van der Waals surface area contributed by atoms with E-state index in [1.165, 1.54) is 0 Å². The molecule has 29 heavy (non-hydrogen) atoms. The smallest absolute Gasteiger partial charge is 0.145 e. The predicted octanol–water partition coefficient (Wildman–Crippen LogP) is 5.28. The van der Waals surface area contributed by atoms with Crippen LogP contribution in [0.1, 0.15) is 79.1 Å². The second-order valence-corrected chi connectivity index (χ2v) is 11.2. The summed E-state index contributed by atoms with van der Waals surface area (Å²) >= 11 is 0. The number of rotatable bonds is 2. The predicted molar refractivity (Wildman–Crippen MR) is 115 cm³/mol. The second kappa shape index (κ2) is 6.64. The van der Waals surface area contributed by atoms with E-state index in [1.807, 2.05) is 19.1 Å². The van der Waals surface area contributed by atoms with Crippen molar-refractivity contribution < 1.29 is 14.7 Å². The minimum Gasteiger partial charge on any atom is -0.385 e. The Morgan fingerprint density at radius 2 is 1.90 bits per heavy atom. The number of Topliss-reactive ketones (excluding diaryl/α,β-unsaturated/α-hetero) is 2. The van der Waals surface area contributed by atoms with Crippen LogP contribution in [0.3, 0.4) is 0 Å². The third-order valence-corrected chi connectivity index (χ3v) is 10.1. The minimum absolute atomic E-state index is 0.128. The Hall–Kier alpha value is -1.22. The molecule has 0 radical (unpaired) electrons. The van der Waals surface area contributed by atoms with Crippen molar-refractivity contribution >= 4 is 11.6 Å². The first-order chi connectivity index (χ1) is 13.5. The van der Waals surface area contributed by atoms with Gasteiger partial charge in [-0.05, 0) is 74.5 Å². The van der Waals surface area contributed by atoms with E-state index in [1.54, 1.807) is 0 Å². The van der Waals surface area contributed by atoms with Crippen LogP contribution in [-0.4, -0.2) is 22.3 Å². The molecule has 3 saturated carbocycles. The maximum absolute atomic E-state index is 13.8. The molecule has 1 N–H and O–H groups in total. The summed E-state index contributed by atoms with van der Waals surface area (Å²) in [5.74, 6) is 0.475. The van der Waals surface area contributed by atoms with Crippen molar-refractivity contribution in [1.29, 1.82) is 0 Å². The first-order valence-electron chi connectivity index (χ1n) is 11.7. The Morgan fingerprint density at radius 1 is 1.17 bits per heavy atom. The maximum Gasteiger partial charge on any atom is 0.145 e. The van der Waals surface area contributed by atoms with Gasteiger partial charge in [-0.25, -0.2) is 0 Å². The molecular weight excluding hydrogens is 360 g/mol. The lowest BCUT2D eigenvalue weighted by molar-refractivity contribution is -0.184. The summed E-state index contributed by atoms with van der Waals surface area (Å²) in [4.78, 5) is 27.2. The summed E-state index contributed by atoms with van der Waals surface area (Å²) in [6, 6.07) is 0. The lowest BCUT2D eigenvalue weighted by Crippen LogP contribution is -2.63. The average molecular weight is 399 g/mol. The number of allylic oxidation sites excluding steroid dienone is 2. The second-order valence-electron chi connectivity index (χ2n) is 11.2. The van der Waals surface area contributed by atoms with Crippen LogP contribution < -0.4 is 0 Å². The van der Waals surface area contributed by atoms with Crippen molar-refractivity contribution in [2.75, 3.05) is 0 Å². The third-order valence-electron chi connectivity index (χ3n) is 10.1. The Labute approximate surface area is 176 Å². The van der Waals surface area contributed by atoms with E-state index in [2.05, 4.69) is 33.4 Å². The lowest BCUT2D eigenvalue weighted by Gasteiger charge is -2.63. The Bertz CT molecular complexity index is 768. The summed E-state index contributed by atoms with van der Waals surface area (Å²) in [5, 5.41) is 11.9. The van der Waals surface area contributed by atoms with Gasteiger partial charge >= 0.3 is 0 Å². The molecule has 3 nitrogen and oxygen atoms in total. The van der Waals surface area contributed by atoms with Crippen LogP contribution in [0.2, 0.25) is 0 Å². The molecular formula is C26H38O3. The van der Waals surface area contributed by atoms with E-state index in [4.69, 9.17) is 0 Å². The topological polar surface area (TPSA) is 54.4 Å². The molecule has 0 heterocycles. The van der Waals surface area contributed by atoms with Crippen LogP contribution in [0.5, 0.6) is 0 Å². The van der Waals surface area contributed by atoms with Crippen LogP contribution in [0.25, 0.3) is 0 Å². The standard InChI is InChI=1S/C26H38O3/c1-6-23(4)16-20(26(29)12-8-7-9-13-26)24(5)17(2)10-14-25(18(3)22(23)28)15-11-19(27)21(24)25/h6,8,12,17-18,20-21,29H,1,7,9-11,13-16H2,2-5H3/t17-,18+,20-,21+,23-,24-,25+,26?/m1/s1. The zero-order valence-electron chi connectivity index (χ0n) is 18.7. The zero-order valence-corrected chi connectivity index (χ0v) is 18.7. The summed E-state index contributed by atoms with van der Waals surface area (Å²) < 4.78 is 0. The van der Waals surface area contributed by atoms with Crippen LogP contribution >= 0.6 is 0 Å². The lowest BCUT2D eigenvalue weighted by atomic mass is 9.40. The van der Waals surface area contributed by atoms with Crippen molar-refractivity contribution in [3.63, 3.8) is 0 Å². The zero-order chi connectivity index (χ0) is 21.2. The summed E-state index contributed by atoms with van der Waals surface area (Å²) in [5.41, 5.74) is -2.21. The van der Waals surface area contributed by atoms with Crippen molar-refractivity contribution in [1.82, 2.24) is 0 Å². The van der Waals surface area contributed by atoms with Crippen LogP contribution in [0, 0.1) is 39.9 Å². The molecule has 2 bridgehead atoms. The molecule has 0 amide bonds. The number of aliphatic hydroxyl groups is 1. The molecule has 8 atom stereocenters. The highest BCUT2D eigenvalue weighted by molar-refractivity contribution is 5.92. The summed E-state index contributed by atoms with van der Waals surface area (Å²) in [7, 11) is 0. The van der Waals surface area contributed by atoms with Gasteiger partial charge in [-0.3, -0.25) is 9.59 Å². The first-order valence-corrected chi connectivity index (χ1v) is 11.7. The van der Waals surface area contributed by atoms with Crippen molar-refractivity contribution in [2.24, 2.45) is 39.9 Å². The van der Waals surface area contributed by atoms with E-state index in [0.29, 0.717) is 31.0 Å². The normalized spacial score (nSPS) is 52.6. The molecule has 4 aliphatic rings. The average Bonchev–Trinajstić information content (AvgIpc) is 3.06. The van der Waals surface area contributed by atoms with Gasteiger partial charge in [0.05, 0.1) is 5.60 Å². The molecule has 4 aliphatic carbocycles. The van der Waals surface area contributed by atoms with Gasteiger partial charge in [0.25, 0.3) is 0 Å². The molecule has 3 heteroatoms. The molecule has 4 rings (SSSR count). The van der Waals surface area contributed by atoms with Crippen LogP contribution in [-0.2, 0) is 9.59 Å². The van der Waals surface area contributed by atoms with E-state index in [9.17, 15) is 14.7 Å². The fourth-order valence-electron chi connectivity index (χ4n) is 8.07. The van der Waals surface area contributed by atoms with E-state index < -0.39 is 11.0 Å². The van der Waals surface area contributed by atoms with Gasteiger partial charge < -0.3 is 5.11 Å². The quantitative estimate of drug-likeness (QED) is 0.644. The molecule has 0 spiro atoms. The van der Waals surface area contributed by atoms with Crippen LogP contribution in [0.15, 0.2) is 24.8 Å². The molecule has 1 unspecified atom stereocenters. The monoisotopic (exact) mass is 398 g/mol. The van der Waals surface area contributed by atoms with Crippen LogP contribution in [0.4, 0.5) is 0 Å². The Balaban J connectivity index is 1.98. The van der Waals surface area contributed by atoms with Gasteiger partial charge in [-0.1, -0.05) is 39.0 Å². The molecule has 0 aromatic rings. The van der Waals surface area contributed by atoms with Crippen molar-refractivity contribution in [3.05, 3.63) is 24.8 Å². The van der Waals surface area contributed by atoms with Crippen molar-refractivity contribution in [3.8, 4) is 0 Å². The highest BCUT2D eigenvalue weighted by atomic mass is 16.3. The van der Waals surface area contributed by atoms with E-state index >= 15 is 0 Å². The van der Waals surface area contributed by atoms with Gasteiger partial charge in [0.1, 0.15) is 11.6 Å². The molecule has 3 fully saturated rings. The minimum atomic E-state index is -0.960. The number of hydrogen-bond donors (Lipinski definition) is 1. The van der Waals surface area contributed by atoms with Crippen molar-refractivity contribution in [2.45, 2.75) is 84.7 Å². The fourth-order valence-corrected chi connectivity index (χ4v) is 8.07. The number of ketones is 2. The molecule has 160 valence electrons. The number of carbonyl (C=O) groups excluding carboxylic acids is 2.